The fourth-order valence-corrected chi connectivity index (χ4v) is 4.15. The molecule has 4 rings (SSSR count). The van der Waals surface area contributed by atoms with Crippen molar-refractivity contribution in [3.8, 4) is 0 Å². The molecule has 3 aliphatic heterocycles. The van der Waals surface area contributed by atoms with Crippen LogP contribution in [0.25, 0.3) is 0 Å². The smallest absolute Gasteiger partial charge is 0.194 e. The highest BCUT2D eigenvalue weighted by Gasteiger charge is 2.32. The minimum atomic E-state index is 0.124. The second-order valence-corrected chi connectivity index (χ2v) is 7.82. The third kappa shape index (κ3) is 5.49. The summed E-state index contributed by atoms with van der Waals surface area (Å²) in [6.45, 7) is 5.60. The maximum Gasteiger partial charge on any atom is 0.194 e. The zero-order valence-electron chi connectivity index (χ0n) is 16.7. The number of hydrogen-bond donors (Lipinski definition) is 1. The SMILES string of the molecule is c1coc(CCNC(=NCC2CCCCO2)N2CCOC(C3CCCO3)C2)c1. The predicted octanol–water partition coefficient (Wildman–Crippen LogP) is 2.22. The van der Waals surface area contributed by atoms with Gasteiger partial charge in [0.05, 0.1) is 31.6 Å². The Morgan fingerprint density at radius 3 is 2.79 bits per heavy atom. The minimum Gasteiger partial charge on any atom is -0.469 e. The zero-order chi connectivity index (χ0) is 19.0. The van der Waals surface area contributed by atoms with E-state index in [4.69, 9.17) is 23.6 Å². The molecule has 0 radical (unpaired) electrons. The number of guanidine groups is 1. The molecule has 1 N–H and O–H groups in total. The van der Waals surface area contributed by atoms with Crippen LogP contribution in [0.2, 0.25) is 0 Å². The Morgan fingerprint density at radius 2 is 2.00 bits per heavy atom. The van der Waals surface area contributed by atoms with Crippen molar-refractivity contribution < 1.29 is 18.6 Å². The quantitative estimate of drug-likeness (QED) is 0.592. The van der Waals surface area contributed by atoms with Crippen LogP contribution in [0.4, 0.5) is 0 Å². The van der Waals surface area contributed by atoms with Gasteiger partial charge in [-0.2, -0.15) is 0 Å². The molecule has 3 unspecified atom stereocenters. The van der Waals surface area contributed by atoms with Crippen molar-refractivity contribution in [3.05, 3.63) is 24.2 Å². The number of hydrogen-bond acceptors (Lipinski definition) is 5. The van der Waals surface area contributed by atoms with Crippen LogP contribution in [0.5, 0.6) is 0 Å². The fourth-order valence-electron chi connectivity index (χ4n) is 4.15. The first-order chi connectivity index (χ1) is 13.9. The summed E-state index contributed by atoms with van der Waals surface area (Å²) in [6, 6.07) is 3.94. The van der Waals surface area contributed by atoms with Gasteiger partial charge < -0.3 is 28.8 Å². The molecule has 4 heterocycles. The van der Waals surface area contributed by atoms with E-state index < -0.39 is 0 Å². The van der Waals surface area contributed by atoms with E-state index in [2.05, 4.69) is 10.2 Å². The number of morpholine rings is 1. The van der Waals surface area contributed by atoms with Gasteiger partial charge in [0.15, 0.2) is 5.96 Å². The largest absolute Gasteiger partial charge is 0.469 e. The van der Waals surface area contributed by atoms with Crippen LogP contribution in [0.1, 0.15) is 37.9 Å². The molecule has 156 valence electrons. The lowest BCUT2D eigenvalue weighted by Crippen LogP contribution is -2.53. The number of nitrogens with one attached hydrogen (secondary N) is 1. The molecular weight excluding hydrogens is 358 g/mol. The average Bonchev–Trinajstić information content (AvgIpc) is 3.46. The first-order valence-electron chi connectivity index (χ1n) is 10.8. The summed E-state index contributed by atoms with van der Waals surface area (Å²) in [5.74, 6) is 1.94. The molecule has 3 saturated heterocycles. The number of nitrogens with zero attached hydrogens (tertiary/aromatic N) is 2. The second-order valence-electron chi connectivity index (χ2n) is 7.82. The van der Waals surface area contributed by atoms with Gasteiger partial charge >= 0.3 is 0 Å². The Hall–Kier alpha value is -1.57. The molecule has 0 saturated carbocycles. The fraction of sp³-hybridized carbons (Fsp3) is 0.762. The molecule has 7 nitrogen and oxygen atoms in total. The normalized spacial score (nSPS) is 29.2. The molecule has 1 aromatic rings. The number of rotatable bonds is 6. The summed E-state index contributed by atoms with van der Waals surface area (Å²) >= 11 is 0. The highest BCUT2D eigenvalue weighted by Crippen LogP contribution is 2.21. The number of ether oxygens (including phenoxy) is 3. The maximum absolute atomic E-state index is 6.01. The van der Waals surface area contributed by atoms with Gasteiger partial charge in [-0.1, -0.05) is 0 Å². The van der Waals surface area contributed by atoms with Crippen LogP contribution in [-0.2, 0) is 20.6 Å². The van der Waals surface area contributed by atoms with Crippen LogP contribution in [-0.4, -0.2) is 75.2 Å². The summed E-state index contributed by atoms with van der Waals surface area (Å²) in [4.78, 5) is 7.25. The number of aliphatic imine (C=N–C) groups is 1. The summed E-state index contributed by atoms with van der Waals surface area (Å²) in [7, 11) is 0. The average molecular weight is 392 g/mol. The van der Waals surface area contributed by atoms with Crippen molar-refractivity contribution in [2.24, 2.45) is 4.99 Å². The third-order valence-corrected chi connectivity index (χ3v) is 5.73. The molecule has 0 aliphatic carbocycles. The molecule has 0 aromatic carbocycles. The first-order valence-corrected chi connectivity index (χ1v) is 10.8. The maximum atomic E-state index is 6.01. The second kappa shape index (κ2) is 10.3. The van der Waals surface area contributed by atoms with Crippen molar-refractivity contribution in [2.45, 2.75) is 56.8 Å². The highest BCUT2D eigenvalue weighted by atomic mass is 16.5. The van der Waals surface area contributed by atoms with Crippen LogP contribution in [0.15, 0.2) is 27.8 Å². The molecule has 0 bridgehead atoms. The van der Waals surface area contributed by atoms with E-state index in [1.807, 2.05) is 12.1 Å². The molecule has 0 spiro atoms. The van der Waals surface area contributed by atoms with Gasteiger partial charge in [0.25, 0.3) is 0 Å². The molecule has 7 heteroatoms. The third-order valence-electron chi connectivity index (χ3n) is 5.73. The Balaban J connectivity index is 1.36. The molecule has 3 aliphatic rings. The van der Waals surface area contributed by atoms with Crippen molar-refractivity contribution in [1.82, 2.24) is 10.2 Å². The molecule has 3 fully saturated rings. The minimum absolute atomic E-state index is 0.124. The number of furan rings is 1. The zero-order valence-corrected chi connectivity index (χ0v) is 16.7. The van der Waals surface area contributed by atoms with E-state index in [0.29, 0.717) is 13.2 Å². The summed E-state index contributed by atoms with van der Waals surface area (Å²) in [6.07, 6.45) is 8.87. The van der Waals surface area contributed by atoms with Gasteiger partial charge in [-0.25, -0.2) is 0 Å². The lowest BCUT2D eigenvalue weighted by Gasteiger charge is -2.37. The Kier molecular flexibility index (Phi) is 7.24. The van der Waals surface area contributed by atoms with Crippen molar-refractivity contribution in [1.29, 1.82) is 0 Å². The van der Waals surface area contributed by atoms with Crippen molar-refractivity contribution >= 4 is 5.96 Å². The molecular formula is C21H33N3O4. The van der Waals surface area contributed by atoms with E-state index in [1.165, 1.54) is 12.8 Å². The van der Waals surface area contributed by atoms with Crippen molar-refractivity contribution in [3.63, 3.8) is 0 Å². The van der Waals surface area contributed by atoms with Gasteiger partial charge in [-0.15, -0.1) is 0 Å². The van der Waals surface area contributed by atoms with E-state index >= 15 is 0 Å². The van der Waals surface area contributed by atoms with Gasteiger partial charge in [0.2, 0.25) is 0 Å². The van der Waals surface area contributed by atoms with Crippen molar-refractivity contribution in [2.75, 3.05) is 46.0 Å². The monoisotopic (exact) mass is 391 g/mol. The van der Waals surface area contributed by atoms with Crippen LogP contribution in [0, 0.1) is 0 Å². The standard InChI is InChI=1S/C21H33N3O4/c1-2-11-26-18(5-1)15-23-21(22-9-8-17-6-3-12-25-17)24-10-14-28-20(16-24)19-7-4-13-27-19/h3,6,12,18-20H,1-2,4-5,7-11,13-16H2,(H,22,23). The van der Waals surface area contributed by atoms with E-state index in [1.54, 1.807) is 6.26 Å². The highest BCUT2D eigenvalue weighted by molar-refractivity contribution is 5.80. The lowest BCUT2D eigenvalue weighted by molar-refractivity contribution is -0.0817. The molecule has 0 amide bonds. The van der Waals surface area contributed by atoms with E-state index in [9.17, 15) is 0 Å². The van der Waals surface area contributed by atoms with Gasteiger partial charge in [0, 0.05) is 39.3 Å². The molecule has 28 heavy (non-hydrogen) atoms. The Morgan fingerprint density at radius 1 is 1.07 bits per heavy atom. The lowest BCUT2D eigenvalue weighted by atomic mass is 10.1. The Labute approximate surface area is 167 Å². The predicted molar refractivity (Wildman–Crippen MR) is 107 cm³/mol. The van der Waals surface area contributed by atoms with Gasteiger partial charge in [-0.3, -0.25) is 4.99 Å². The van der Waals surface area contributed by atoms with Gasteiger partial charge in [-0.05, 0) is 44.2 Å². The van der Waals surface area contributed by atoms with Crippen LogP contribution < -0.4 is 5.32 Å². The molecule has 1 aromatic heterocycles. The summed E-state index contributed by atoms with van der Waals surface area (Å²) in [5, 5.41) is 3.54. The van der Waals surface area contributed by atoms with Crippen LogP contribution >= 0.6 is 0 Å². The summed E-state index contributed by atoms with van der Waals surface area (Å²) < 4.78 is 23.2. The first kappa shape index (κ1) is 19.7. The Bertz CT molecular complexity index is 595. The van der Waals surface area contributed by atoms with E-state index in [-0.39, 0.29) is 18.3 Å². The summed E-state index contributed by atoms with van der Waals surface area (Å²) in [5.41, 5.74) is 0. The van der Waals surface area contributed by atoms with Crippen LogP contribution in [0.3, 0.4) is 0 Å². The topological polar surface area (TPSA) is 68.5 Å². The van der Waals surface area contributed by atoms with E-state index in [0.717, 1.165) is 70.3 Å². The van der Waals surface area contributed by atoms with Gasteiger partial charge in [0.1, 0.15) is 11.9 Å². The molecule has 3 atom stereocenters.